The Morgan fingerprint density at radius 3 is 2.27 bits per heavy atom. The molecule has 0 bridgehead atoms. The van der Waals surface area contributed by atoms with Gasteiger partial charge in [-0.3, -0.25) is 9.59 Å². The Kier molecular flexibility index (Phi) is 6.27. The maximum atomic E-state index is 13.4. The number of aryl methyl sites for hydroxylation is 1. The molecule has 0 spiro atoms. The molecule has 0 fully saturated rings. The van der Waals surface area contributed by atoms with Crippen LogP contribution in [-0.2, 0) is 9.59 Å². The lowest BCUT2D eigenvalue weighted by molar-refractivity contribution is -0.117. The Balaban J connectivity index is 2.00. The van der Waals surface area contributed by atoms with Crippen LogP contribution in [0.3, 0.4) is 0 Å². The fraction of sp³-hybridized carbons (Fsp3) is 0.263. The molecule has 2 amide bonds. The third kappa shape index (κ3) is 5.02. The van der Waals surface area contributed by atoms with Crippen molar-refractivity contribution >= 4 is 23.2 Å². The summed E-state index contributed by atoms with van der Waals surface area (Å²) >= 11 is 0. The van der Waals surface area contributed by atoms with E-state index in [4.69, 9.17) is 4.74 Å². The summed E-state index contributed by atoms with van der Waals surface area (Å²) in [5, 5.41) is 4.81. The fourth-order valence-corrected chi connectivity index (χ4v) is 2.29. The largest absolute Gasteiger partial charge is 0.493 e. The Morgan fingerprint density at radius 1 is 1.04 bits per heavy atom. The van der Waals surface area contributed by atoms with Gasteiger partial charge in [0.1, 0.15) is 5.75 Å². The van der Waals surface area contributed by atoms with Crippen LogP contribution in [0.5, 0.6) is 5.75 Å². The normalized spacial score (nSPS) is 10.3. The molecule has 0 atom stereocenters. The predicted molar refractivity (Wildman–Crippen MR) is 95.3 cm³/mol. The molecule has 2 rings (SSSR count). The number of benzene rings is 2. The van der Waals surface area contributed by atoms with Crippen molar-refractivity contribution in [3.05, 3.63) is 53.1 Å². The lowest BCUT2D eigenvalue weighted by Gasteiger charge is -2.13. The van der Waals surface area contributed by atoms with Gasteiger partial charge in [-0.05, 0) is 31.0 Å². The van der Waals surface area contributed by atoms with Crippen molar-refractivity contribution in [1.82, 2.24) is 0 Å². The Labute approximate surface area is 150 Å². The van der Waals surface area contributed by atoms with Gasteiger partial charge in [-0.2, -0.15) is 0 Å². The molecule has 0 aliphatic carbocycles. The second-order valence-corrected chi connectivity index (χ2v) is 5.84. The molecule has 7 heteroatoms. The van der Waals surface area contributed by atoms with E-state index in [9.17, 15) is 18.4 Å². The first-order chi connectivity index (χ1) is 12.3. The second-order valence-electron chi connectivity index (χ2n) is 5.84. The van der Waals surface area contributed by atoms with Crippen LogP contribution in [0.4, 0.5) is 20.2 Å². The number of ether oxygens (including phenoxy) is 1. The highest BCUT2D eigenvalue weighted by Crippen LogP contribution is 2.25. The highest BCUT2D eigenvalue weighted by molar-refractivity contribution is 5.98. The van der Waals surface area contributed by atoms with Crippen LogP contribution in [0.15, 0.2) is 30.3 Å². The summed E-state index contributed by atoms with van der Waals surface area (Å²) in [6.45, 7) is 5.23. The van der Waals surface area contributed by atoms with Crippen LogP contribution >= 0.6 is 0 Å². The minimum absolute atomic E-state index is 0.00584. The smallest absolute Gasteiger partial charge is 0.227 e. The van der Waals surface area contributed by atoms with Gasteiger partial charge < -0.3 is 15.4 Å². The van der Waals surface area contributed by atoms with E-state index in [1.54, 1.807) is 0 Å². The zero-order valence-electron chi connectivity index (χ0n) is 14.8. The topological polar surface area (TPSA) is 67.4 Å². The van der Waals surface area contributed by atoms with E-state index < -0.39 is 23.4 Å². The van der Waals surface area contributed by atoms with Crippen LogP contribution in [0.1, 0.15) is 24.5 Å². The SMILES string of the molecule is CC(=O)Nc1cc(F)c(F)cc1NC(=O)CCOc1cccc(C)c1C. The van der Waals surface area contributed by atoms with E-state index in [1.807, 2.05) is 32.0 Å². The minimum atomic E-state index is -1.12. The van der Waals surface area contributed by atoms with Crippen LogP contribution < -0.4 is 15.4 Å². The summed E-state index contributed by atoms with van der Waals surface area (Å²) in [6, 6.07) is 7.27. The van der Waals surface area contributed by atoms with Crippen molar-refractivity contribution in [3.63, 3.8) is 0 Å². The average molecular weight is 362 g/mol. The summed E-state index contributed by atoms with van der Waals surface area (Å²) < 4.78 is 32.4. The van der Waals surface area contributed by atoms with Crippen molar-refractivity contribution in [2.45, 2.75) is 27.2 Å². The lowest BCUT2D eigenvalue weighted by Crippen LogP contribution is -2.18. The number of carbonyl (C=O) groups is 2. The van der Waals surface area contributed by atoms with Crippen LogP contribution in [0, 0.1) is 25.5 Å². The van der Waals surface area contributed by atoms with E-state index >= 15 is 0 Å². The van der Waals surface area contributed by atoms with Crippen LogP contribution in [0.25, 0.3) is 0 Å². The van der Waals surface area contributed by atoms with Gasteiger partial charge in [-0.15, -0.1) is 0 Å². The second kappa shape index (κ2) is 8.42. The summed E-state index contributed by atoms with van der Waals surface area (Å²) in [5.74, 6) is -2.48. The van der Waals surface area contributed by atoms with Gasteiger partial charge in [0.25, 0.3) is 0 Å². The van der Waals surface area contributed by atoms with E-state index in [2.05, 4.69) is 10.6 Å². The Morgan fingerprint density at radius 2 is 1.65 bits per heavy atom. The highest BCUT2D eigenvalue weighted by Gasteiger charge is 2.13. The standard InChI is InChI=1S/C19H20F2N2O3/c1-11-5-4-6-18(12(11)2)26-8-7-19(25)23-17-10-15(21)14(20)9-16(17)22-13(3)24/h4-6,9-10H,7-8H2,1-3H3,(H,22,24)(H,23,25). The van der Waals surface area contributed by atoms with E-state index in [1.165, 1.54) is 6.92 Å². The molecular formula is C19H20F2N2O3. The quantitative estimate of drug-likeness (QED) is 0.818. The molecule has 0 aliphatic rings. The van der Waals surface area contributed by atoms with Gasteiger partial charge in [0, 0.05) is 19.1 Å². The van der Waals surface area contributed by atoms with Crippen molar-refractivity contribution in [1.29, 1.82) is 0 Å². The lowest BCUT2D eigenvalue weighted by atomic mass is 10.1. The van der Waals surface area contributed by atoms with Gasteiger partial charge >= 0.3 is 0 Å². The molecular weight excluding hydrogens is 342 g/mol. The molecule has 2 N–H and O–H groups in total. The van der Waals surface area contributed by atoms with E-state index in [-0.39, 0.29) is 24.4 Å². The summed E-state index contributed by atoms with van der Waals surface area (Å²) in [4.78, 5) is 23.2. The van der Waals surface area contributed by atoms with Crippen LogP contribution in [0.2, 0.25) is 0 Å². The fourth-order valence-electron chi connectivity index (χ4n) is 2.29. The first-order valence-corrected chi connectivity index (χ1v) is 8.03. The molecule has 0 saturated carbocycles. The zero-order chi connectivity index (χ0) is 19.3. The van der Waals surface area contributed by atoms with E-state index in [0.29, 0.717) is 5.75 Å². The third-order valence-electron chi connectivity index (χ3n) is 3.79. The molecule has 0 aliphatic heterocycles. The van der Waals surface area contributed by atoms with Crippen molar-refractivity contribution < 1.29 is 23.1 Å². The minimum Gasteiger partial charge on any atom is -0.493 e. The molecule has 0 radical (unpaired) electrons. The number of anilines is 2. The number of carbonyl (C=O) groups excluding carboxylic acids is 2. The Hall–Kier alpha value is -2.96. The van der Waals surface area contributed by atoms with Gasteiger partial charge in [0.15, 0.2) is 11.6 Å². The molecule has 26 heavy (non-hydrogen) atoms. The molecule has 0 heterocycles. The summed E-state index contributed by atoms with van der Waals surface area (Å²) in [5.41, 5.74) is 2.03. The molecule has 2 aromatic carbocycles. The number of halogens is 2. The maximum absolute atomic E-state index is 13.4. The van der Waals surface area contributed by atoms with Crippen LogP contribution in [-0.4, -0.2) is 18.4 Å². The Bertz CT molecular complexity index is 838. The molecule has 5 nitrogen and oxygen atoms in total. The number of rotatable bonds is 6. The highest BCUT2D eigenvalue weighted by atomic mass is 19.2. The first kappa shape index (κ1) is 19.4. The monoisotopic (exact) mass is 362 g/mol. The van der Waals surface area contributed by atoms with E-state index in [0.717, 1.165) is 23.3 Å². The van der Waals surface area contributed by atoms with Gasteiger partial charge in [-0.25, -0.2) is 8.78 Å². The zero-order valence-corrected chi connectivity index (χ0v) is 14.8. The van der Waals surface area contributed by atoms with Gasteiger partial charge in [0.2, 0.25) is 11.8 Å². The van der Waals surface area contributed by atoms with Crippen molar-refractivity contribution in [2.24, 2.45) is 0 Å². The summed E-state index contributed by atoms with van der Waals surface area (Å²) in [7, 11) is 0. The first-order valence-electron chi connectivity index (χ1n) is 8.03. The number of amides is 2. The number of nitrogens with one attached hydrogen (secondary N) is 2. The summed E-state index contributed by atoms with van der Waals surface area (Å²) in [6.07, 6.45) is 0.00584. The third-order valence-corrected chi connectivity index (χ3v) is 3.79. The van der Waals surface area contributed by atoms with Gasteiger partial charge in [0.05, 0.1) is 24.4 Å². The van der Waals surface area contributed by atoms with Crippen molar-refractivity contribution in [2.75, 3.05) is 17.2 Å². The molecule has 0 unspecified atom stereocenters. The molecule has 2 aromatic rings. The maximum Gasteiger partial charge on any atom is 0.227 e. The van der Waals surface area contributed by atoms with Crippen molar-refractivity contribution in [3.8, 4) is 5.75 Å². The molecule has 0 saturated heterocycles. The van der Waals surface area contributed by atoms with Gasteiger partial charge in [-0.1, -0.05) is 12.1 Å². The molecule has 138 valence electrons. The molecule has 0 aromatic heterocycles. The number of hydrogen-bond donors (Lipinski definition) is 2. The predicted octanol–water partition coefficient (Wildman–Crippen LogP) is 3.95. The average Bonchev–Trinajstić information content (AvgIpc) is 2.55. The number of hydrogen-bond acceptors (Lipinski definition) is 3.